The molecule has 3 heterocycles. The molecule has 1 fully saturated rings. The van der Waals surface area contributed by atoms with Crippen LogP contribution in [0.5, 0.6) is 0 Å². The summed E-state index contributed by atoms with van der Waals surface area (Å²) in [5, 5.41) is 2.93. The molecule has 1 aliphatic rings. The Morgan fingerprint density at radius 3 is 2.58 bits per heavy atom. The first-order valence-corrected chi connectivity index (χ1v) is 10.7. The van der Waals surface area contributed by atoms with Crippen molar-refractivity contribution in [2.75, 3.05) is 13.1 Å². The predicted molar refractivity (Wildman–Crippen MR) is 116 cm³/mol. The Hall–Kier alpha value is -3.48. The molecule has 0 aliphatic carbocycles. The van der Waals surface area contributed by atoms with Crippen LogP contribution in [0.4, 0.5) is 0 Å². The minimum Gasteiger partial charge on any atom is -0.444 e. The molecule has 0 radical (unpaired) electrons. The largest absolute Gasteiger partial charge is 0.444 e. The number of oxazole rings is 1. The second-order valence-corrected chi connectivity index (χ2v) is 7.69. The van der Waals surface area contributed by atoms with Gasteiger partial charge in [0.1, 0.15) is 6.26 Å². The third-order valence-electron chi connectivity index (χ3n) is 5.39. The first kappa shape index (κ1) is 20.8. The molecule has 7 nitrogen and oxygen atoms in total. The van der Waals surface area contributed by atoms with Crippen molar-refractivity contribution in [3.63, 3.8) is 0 Å². The maximum atomic E-state index is 12.6. The van der Waals surface area contributed by atoms with Crippen LogP contribution < -0.4 is 5.32 Å². The number of carbonyl (C=O) groups excluding carboxylic acids is 2. The molecule has 160 valence electrons. The Kier molecular flexibility index (Phi) is 6.72. The van der Waals surface area contributed by atoms with Crippen LogP contribution in [0.2, 0.25) is 0 Å². The molecule has 0 bridgehead atoms. The van der Waals surface area contributed by atoms with Crippen LogP contribution in [-0.2, 0) is 17.8 Å². The molecule has 4 rings (SSSR count). The number of aromatic nitrogens is 2. The normalized spacial score (nSPS) is 13.7. The van der Waals surface area contributed by atoms with Crippen LogP contribution in [0.15, 0.2) is 59.3 Å². The van der Waals surface area contributed by atoms with Gasteiger partial charge in [-0.25, -0.2) is 4.98 Å². The maximum absolute atomic E-state index is 12.6. The smallest absolute Gasteiger partial charge is 0.275 e. The average molecular weight is 418 g/mol. The molecule has 2 amide bonds. The molecule has 0 unspecified atom stereocenters. The van der Waals surface area contributed by atoms with Crippen molar-refractivity contribution in [3.05, 3.63) is 71.9 Å². The molecular weight excluding hydrogens is 392 g/mol. The summed E-state index contributed by atoms with van der Waals surface area (Å²) in [6, 6.07) is 13.3. The summed E-state index contributed by atoms with van der Waals surface area (Å²) in [5.74, 6) is 0.342. The number of piperidine rings is 1. The van der Waals surface area contributed by atoms with E-state index < -0.39 is 0 Å². The van der Waals surface area contributed by atoms with Crippen molar-refractivity contribution < 1.29 is 14.0 Å². The minimum atomic E-state index is -0.0697. The quantitative estimate of drug-likeness (QED) is 0.633. The summed E-state index contributed by atoms with van der Waals surface area (Å²) in [5.41, 5.74) is 3.03. The number of benzene rings is 1. The van der Waals surface area contributed by atoms with Gasteiger partial charge in [0.2, 0.25) is 11.8 Å². The van der Waals surface area contributed by atoms with E-state index in [9.17, 15) is 9.59 Å². The highest BCUT2D eigenvalue weighted by Gasteiger charge is 2.21. The van der Waals surface area contributed by atoms with Crippen molar-refractivity contribution >= 4 is 11.8 Å². The fourth-order valence-corrected chi connectivity index (χ4v) is 3.61. The van der Waals surface area contributed by atoms with Gasteiger partial charge in [0.25, 0.3) is 5.91 Å². The van der Waals surface area contributed by atoms with E-state index in [0.717, 1.165) is 42.8 Å². The number of nitrogens with zero attached hydrogens (tertiary/aromatic N) is 3. The lowest BCUT2D eigenvalue weighted by Crippen LogP contribution is -2.35. The van der Waals surface area contributed by atoms with Gasteiger partial charge in [-0.15, -0.1) is 0 Å². The third-order valence-corrected chi connectivity index (χ3v) is 5.39. The van der Waals surface area contributed by atoms with E-state index >= 15 is 0 Å². The van der Waals surface area contributed by atoms with E-state index in [4.69, 9.17) is 4.42 Å². The van der Waals surface area contributed by atoms with Gasteiger partial charge < -0.3 is 14.6 Å². The highest BCUT2D eigenvalue weighted by Crippen LogP contribution is 2.21. The van der Waals surface area contributed by atoms with Gasteiger partial charge in [0.05, 0.1) is 0 Å². The number of rotatable bonds is 7. The number of hydrogen-bond donors (Lipinski definition) is 1. The molecule has 1 saturated heterocycles. The van der Waals surface area contributed by atoms with Crippen molar-refractivity contribution in [1.29, 1.82) is 0 Å². The molecule has 31 heavy (non-hydrogen) atoms. The molecule has 7 heteroatoms. The fourth-order valence-electron chi connectivity index (χ4n) is 3.61. The van der Waals surface area contributed by atoms with E-state index in [2.05, 4.69) is 15.3 Å². The number of likely N-dealkylation sites (tertiary alicyclic amines) is 1. The average Bonchev–Trinajstić information content (AvgIpc) is 3.33. The molecule has 0 saturated carbocycles. The van der Waals surface area contributed by atoms with Crippen LogP contribution in [0.25, 0.3) is 11.5 Å². The Bertz CT molecular complexity index is 1010. The molecule has 3 aromatic rings. The fraction of sp³-hybridized carbons (Fsp3) is 0.333. The molecule has 2 aromatic heterocycles. The second-order valence-electron chi connectivity index (χ2n) is 7.69. The highest BCUT2D eigenvalue weighted by atomic mass is 16.3. The lowest BCUT2D eigenvalue weighted by atomic mass is 10.1. The van der Waals surface area contributed by atoms with E-state index in [0.29, 0.717) is 31.0 Å². The summed E-state index contributed by atoms with van der Waals surface area (Å²) in [6.07, 6.45) is 7.44. The van der Waals surface area contributed by atoms with Gasteiger partial charge in [-0.1, -0.05) is 18.2 Å². The van der Waals surface area contributed by atoms with Crippen molar-refractivity contribution in [1.82, 2.24) is 20.2 Å². The molecular formula is C24H26N4O3. The summed E-state index contributed by atoms with van der Waals surface area (Å²) in [7, 11) is 0. The minimum absolute atomic E-state index is 0.0108. The topological polar surface area (TPSA) is 88.3 Å². The molecule has 0 atom stereocenters. The van der Waals surface area contributed by atoms with E-state index in [1.54, 1.807) is 6.20 Å². The van der Waals surface area contributed by atoms with Gasteiger partial charge in [0, 0.05) is 43.5 Å². The Morgan fingerprint density at radius 2 is 1.84 bits per heavy atom. The van der Waals surface area contributed by atoms with Crippen molar-refractivity contribution in [2.24, 2.45) is 0 Å². The van der Waals surface area contributed by atoms with Crippen LogP contribution in [0.1, 0.15) is 47.4 Å². The first-order valence-electron chi connectivity index (χ1n) is 10.7. The second kappa shape index (κ2) is 10.0. The van der Waals surface area contributed by atoms with Crippen molar-refractivity contribution in [2.45, 2.75) is 38.6 Å². The van der Waals surface area contributed by atoms with Crippen LogP contribution in [0, 0.1) is 0 Å². The molecule has 1 aliphatic heterocycles. The summed E-state index contributed by atoms with van der Waals surface area (Å²) in [4.78, 5) is 35.1. The van der Waals surface area contributed by atoms with Crippen LogP contribution in [-0.4, -0.2) is 39.8 Å². The lowest BCUT2D eigenvalue weighted by Gasteiger charge is -2.25. The SMILES string of the molecule is O=C(CCc1ccccn1)NCc1ccc(-c2nc(C(=O)N3CCCCC3)co2)cc1. The lowest BCUT2D eigenvalue weighted by molar-refractivity contribution is -0.121. The predicted octanol–water partition coefficient (Wildman–Crippen LogP) is 3.61. The van der Waals surface area contributed by atoms with E-state index in [1.807, 2.05) is 47.4 Å². The zero-order valence-electron chi connectivity index (χ0n) is 17.4. The number of carbonyl (C=O) groups is 2. The van der Waals surface area contributed by atoms with Gasteiger partial charge >= 0.3 is 0 Å². The summed E-state index contributed by atoms with van der Waals surface area (Å²) < 4.78 is 5.54. The van der Waals surface area contributed by atoms with Crippen LogP contribution >= 0.6 is 0 Å². The molecule has 1 aromatic carbocycles. The van der Waals surface area contributed by atoms with Gasteiger partial charge in [-0.05, 0) is 55.5 Å². The Labute approximate surface area is 181 Å². The van der Waals surface area contributed by atoms with Gasteiger partial charge in [-0.3, -0.25) is 14.6 Å². The zero-order valence-corrected chi connectivity index (χ0v) is 17.4. The first-order chi connectivity index (χ1) is 15.2. The Balaban J connectivity index is 1.28. The number of nitrogens with one attached hydrogen (secondary N) is 1. The number of amides is 2. The number of hydrogen-bond acceptors (Lipinski definition) is 5. The summed E-state index contributed by atoms with van der Waals surface area (Å²) in [6.45, 7) is 2.01. The monoisotopic (exact) mass is 418 g/mol. The van der Waals surface area contributed by atoms with Crippen molar-refractivity contribution in [3.8, 4) is 11.5 Å². The maximum Gasteiger partial charge on any atom is 0.275 e. The highest BCUT2D eigenvalue weighted by molar-refractivity contribution is 5.92. The van der Waals surface area contributed by atoms with E-state index in [1.165, 1.54) is 12.7 Å². The Morgan fingerprint density at radius 1 is 1.03 bits per heavy atom. The standard InChI is InChI=1S/C24H26N4O3/c29-22(12-11-20-6-2-3-13-25-20)26-16-18-7-9-19(10-8-18)23-27-21(17-31-23)24(30)28-14-4-1-5-15-28/h2-3,6-10,13,17H,1,4-5,11-12,14-16H2,(H,26,29). The molecule has 0 spiro atoms. The number of aryl methyl sites for hydroxylation is 1. The van der Waals surface area contributed by atoms with Gasteiger partial charge in [-0.2, -0.15) is 0 Å². The zero-order chi connectivity index (χ0) is 21.5. The van der Waals surface area contributed by atoms with Gasteiger partial charge in [0.15, 0.2) is 5.69 Å². The van der Waals surface area contributed by atoms with Crippen LogP contribution in [0.3, 0.4) is 0 Å². The third kappa shape index (κ3) is 5.57. The summed E-state index contributed by atoms with van der Waals surface area (Å²) >= 11 is 0. The van der Waals surface area contributed by atoms with E-state index in [-0.39, 0.29) is 11.8 Å². The molecule has 1 N–H and O–H groups in total. The number of pyridine rings is 1.